The molecule has 1 unspecified atom stereocenters. The fourth-order valence-electron chi connectivity index (χ4n) is 2.13. The van der Waals surface area contributed by atoms with Crippen molar-refractivity contribution in [2.75, 3.05) is 6.61 Å². The molecular weight excluding hydrogens is 200 g/mol. The molecule has 92 valence electrons. The summed E-state index contributed by atoms with van der Waals surface area (Å²) in [6.45, 7) is 2.61. The van der Waals surface area contributed by atoms with E-state index in [1.807, 2.05) is 0 Å². The van der Waals surface area contributed by atoms with Gasteiger partial charge in [-0.3, -0.25) is 0 Å². The molecule has 0 radical (unpaired) electrons. The van der Waals surface area contributed by atoms with Crippen LogP contribution in [0, 0.1) is 11.3 Å². The first-order valence-corrected chi connectivity index (χ1v) is 6.46. The summed E-state index contributed by atoms with van der Waals surface area (Å²) in [6.07, 6.45) is 9.72. The number of hydrogen-bond acceptors (Lipinski definition) is 3. The van der Waals surface area contributed by atoms with Gasteiger partial charge in [0.05, 0.1) is 12.2 Å². The van der Waals surface area contributed by atoms with Gasteiger partial charge in [-0.15, -0.1) is 0 Å². The number of rotatable bonds is 6. The average Bonchev–Trinajstić information content (AvgIpc) is 2.30. The molecule has 2 N–H and O–H groups in total. The standard InChI is InChI=1S/C13H24N2O/c1-13(15,11-14)9-5-6-10-16-12-7-3-2-4-8-12/h12H,2-10,15H2,1H3. The minimum atomic E-state index is -0.662. The maximum absolute atomic E-state index is 8.75. The van der Waals surface area contributed by atoms with Crippen LogP contribution in [-0.4, -0.2) is 18.2 Å². The minimum Gasteiger partial charge on any atom is -0.378 e. The van der Waals surface area contributed by atoms with E-state index in [1.165, 1.54) is 32.1 Å². The Morgan fingerprint density at radius 3 is 2.62 bits per heavy atom. The van der Waals surface area contributed by atoms with Gasteiger partial charge in [0.1, 0.15) is 5.54 Å². The summed E-state index contributed by atoms with van der Waals surface area (Å²) < 4.78 is 5.81. The molecular formula is C13H24N2O. The molecule has 1 atom stereocenters. The van der Waals surface area contributed by atoms with Crippen LogP contribution in [0.3, 0.4) is 0 Å². The molecule has 0 spiro atoms. The quantitative estimate of drug-likeness (QED) is 0.706. The highest BCUT2D eigenvalue weighted by Crippen LogP contribution is 2.20. The molecule has 3 heteroatoms. The van der Waals surface area contributed by atoms with Crippen molar-refractivity contribution in [3.8, 4) is 6.07 Å². The molecule has 0 amide bonds. The highest BCUT2D eigenvalue weighted by molar-refractivity contribution is 5.00. The number of unbranched alkanes of at least 4 members (excludes halogenated alkanes) is 1. The van der Waals surface area contributed by atoms with Gasteiger partial charge in [0.2, 0.25) is 0 Å². The molecule has 0 saturated heterocycles. The van der Waals surface area contributed by atoms with Crippen LogP contribution in [0.4, 0.5) is 0 Å². The minimum absolute atomic E-state index is 0.494. The number of nitrogens with two attached hydrogens (primary N) is 1. The van der Waals surface area contributed by atoms with Gasteiger partial charge in [-0.2, -0.15) is 5.26 Å². The van der Waals surface area contributed by atoms with Gasteiger partial charge in [0.25, 0.3) is 0 Å². The Morgan fingerprint density at radius 1 is 1.31 bits per heavy atom. The summed E-state index contributed by atoms with van der Waals surface area (Å²) in [6, 6.07) is 2.12. The van der Waals surface area contributed by atoms with Crippen LogP contribution in [0.1, 0.15) is 58.3 Å². The zero-order chi connectivity index (χ0) is 11.9. The second-order valence-corrected chi connectivity index (χ2v) is 5.12. The van der Waals surface area contributed by atoms with Crippen LogP contribution in [0.5, 0.6) is 0 Å². The molecule has 1 saturated carbocycles. The summed E-state index contributed by atoms with van der Waals surface area (Å²) in [5, 5.41) is 8.75. The number of nitrogens with zero attached hydrogens (tertiary/aromatic N) is 1. The summed E-state index contributed by atoms with van der Waals surface area (Å²) in [7, 11) is 0. The van der Waals surface area contributed by atoms with Crippen molar-refractivity contribution < 1.29 is 4.74 Å². The lowest BCUT2D eigenvalue weighted by Gasteiger charge is -2.22. The Bertz CT molecular complexity index is 227. The van der Waals surface area contributed by atoms with E-state index in [-0.39, 0.29) is 0 Å². The molecule has 16 heavy (non-hydrogen) atoms. The van der Waals surface area contributed by atoms with Gasteiger partial charge in [-0.1, -0.05) is 19.3 Å². The van der Waals surface area contributed by atoms with Gasteiger partial charge in [0, 0.05) is 6.61 Å². The van der Waals surface area contributed by atoms with E-state index >= 15 is 0 Å². The van der Waals surface area contributed by atoms with Gasteiger partial charge in [0.15, 0.2) is 0 Å². The lowest BCUT2D eigenvalue weighted by Crippen LogP contribution is -2.33. The zero-order valence-electron chi connectivity index (χ0n) is 10.4. The molecule has 0 aromatic rings. The summed E-state index contributed by atoms with van der Waals surface area (Å²) in [5.41, 5.74) is 5.08. The Labute approximate surface area is 99.0 Å². The third-order valence-electron chi connectivity index (χ3n) is 3.25. The highest BCUT2D eigenvalue weighted by Gasteiger charge is 2.16. The maximum atomic E-state index is 8.75. The number of hydrogen-bond donors (Lipinski definition) is 1. The number of nitriles is 1. The topological polar surface area (TPSA) is 59.0 Å². The molecule has 0 aliphatic heterocycles. The van der Waals surface area contributed by atoms with Crippen LogP contribution in [0.25, 0.3) is 0 Å². The first-order chi connectivity index (χ1) is 7.64. The fourth-order valence-corrected chi connectivity index (χ4v) is 2.13. The van der Waals surface area contributed by atoms with Crippen molar-refractivity contribution in [2.24, 2.45) is 5.73 Å². The van der Waals surface area contributed by atoms with E-state index in [0.29, 0.717) is 6.10 Å². The van der Waals surface area contributed by atoms with Gasteiger partial charge in [-0.25, -0.2) is 0 Å². The first kappa shape index (κ1) is 13.5. The largest absolute Gasteiger partial charge is 0.378 e. The first-order valence-electron chi connectivity index (χ1n) is 6.46. The molecule has 3 nitrogen and oxygen atoms in total. The van der Waals surface area contributed by atoms with Crippen molar-refractivity contribution in [3.05, 3.63) is 0 Å². The molecule has 1 rings (SSSR count). The molecule has 0 bridgehead atoms. The summed E-state index contributed by atoms with van der Waals surface area (Å²) in [4.78, 5) is 0. The van der Waals surface area contributed by atoms with Crippen molar-refractivity contribution in [1.82, 2.24) is 0 Å². The van der Waals surface area contributed by atoms with Crippen LogP contribution >= 0.6 is 0 Å². The Morgan fingerprint density at radius 2 is 2.00 bits per heavy atom. The van der Waals surface area contributed by atoms with Crippen LogP contribution in [-0.2, 0) is 4.74 Å². The van der Waals surface area contributed by atoms with E-state index in [2.05, 4.69) is 6.07 Å². The van der Waals surface area contributed by atoms with Gasteiger partial charge >= 0.3 is 0 Å². The van der Waals surface area contributed by atoms with E-state index in [9.17, 15) is 0 Å². The average molecular weight is 224 g/mol. The van der Waals surface area contributed by atoms with Crippen molar-refractivity contribution >= 4 is 0 Å². The predicted molar refractivity (Wildman–Crippen MR) is 64.9 cm³/mol. The maximum Gasteiger partial charge on any atom is 0.101 e. The van der Waals surface area contributed by atoms with E-state index < -0.39 is 5.54 Å². The Hall–Kier alpha value is -0.590. The van der Waals surface area contributed by atoms with E-state index in [4.69, 9.17) is 15.7 Å². The smallest absolute Gasteiger partial charge is 0.101 e. The Balaban J connectivity index is 1.97. The van der Waals surface area contributed by atoms with E-state index in [1.54, 1.807) is 6.92 Å². The lowest BCUT2D eigenvalue weighted by atomic mass is 9.97. The second kappa shape index (κ2) is 6.88. The summed E-state index contributed by atoms with van der Waals surface area (Å²) in [5.74, 6) is 0. The highest BCUT2D eigenvalue weighted by atomic mass is 16.5. The third kappa shape index (κ3) is 5.48. The Kier molecular flexibility index (Phi) is 5.79. The molecule has 1 aliphatic rings. The fraction of sp³-hybridized carbons (Fsp3) is 0.923. The van der Waals surface area contributed by atoms with Gasteiger partial charge in [-0.05, 0) is 39.0 Å². The van der Waals surface area contributed by atoms with Crippen molar-refractivity contribution in [2.45, 2.75) is 69.9 Å². The summed E-state index contributed by atoms with van der Waals surface area (Å²) >= 11 is 0. The number of ether oxygens (including phenoxy) is 1. The predicted octanol–water partition coefficient (Wildman–Crippen LogP) is 2.75. The van der Waals surface area contributed by atoms with Crippen molar-refractivity contribution in [3.63, 3.8) is 0 Å². The zero-order valence-corrected chi connectivity index (χ0v) is 10.4. The molecule has 1 aliphatic carbocycles. The molecule has 0 heterocycles. The monoisotopic (exact) mass is 224 g/mol. The molecule has 0 aromatic heterocycles. The lowest BCUT2D eigenvalue weighted by molar-refractivity contribution is 0.0260. The molecule has 1 fully saturated rings. The normalized spacial score (nSPS) is 21.3. The van der Waals surface area contributed by atoms with Crippen LogP contribution < -0.4 is 5.73 Å². The van der Waals surface area contributed by atoms with Crippen LogP contribution in [0.15, 0.2) is 0 Å². The molecule has 0 aromatic carbocycles. The third-order valence-corrected chi connectivity index (χ3v) is 3.25. The van der Waals surface area contributed by atoms with Crippen molar-refractivity contribution in [1.29, 1.82) is 5.26 Å². The van der Waals surface area contributed by atoms with Crippen LogP contribution in [0.2, 0.25) is 0 Å². The van der Waals surface area contributed by atoms with Gasteiger partial charge < -0.3 is 10.5 Å². The second-order valence-electron chi connectivity index (χ2n) is 5.12. The SMILES string of the molecule is CC(N)(C#N)CCCCOC1CCCCC1. The van der Waals surface area contributed by atoms with E-state index in [0.717, 1.165) is 25.9 Å².